The van der Waals surface area contributed by atoms with Gasteiger partial charge in [-0.2, -0.15) is 0 Å². The van der Waals surface area contributed by atoms with Gasteiger partial charge in [0.25, 0.3) is 0 Å². The Morgan fingerprint density at radius 2 is 0.403 bits per heavy atom. The van der Waals surface area contributed by atoms with Crippen molar-refractivity contribution in [2.75, 3.05) is 0 Å². The second kappa shape index (κ2) is 21.7. The summed E-state index contributed by atoms with van der Waals surface area (Å²) in [6.45, 7) is 59.7. The van der Waals surface area contributed by atoms with Crippen LogP contribution >= 0.6 is 0 Å². The minimum atomic E-state index is -3.21. The van der Waals surface area contributed by atoms with Crippen LogP contribution in [0.15, 0.2) is 48.5 Å². The first kappa shape index (κ1) is 52.8. The summed E-state index contributed by atoms with van der Waals surface area (Å²) >= 11 is -3.21. The molecule has 0 atom stereocenters. The van der Waals surface area contributed by atoms with Crippen molar-refractivity contribution >= 4 is 43.2 Å². The van der Waals surface area contributed by atoms with Crippen LogP contribution in [0.25, 0.3) is 0 Å². The molecule has 0 saturated carbocycles. The van der Waals surface area contributed by atoms with Gasteiger partial charge in [-0.25, -0.2) is 0 Å². The molecule has 0 N–H and O–H groups in total. The van der Waals surface area contributed by atoms with Crippen LogP contribution in [0.5, 0.6) is 0 Å². The third-order valence-electron chi connectivity index (χ3n) is 13.8. The molecule has 0 aromatic heterocycles. The van der Waals surface area contributed by atoms with Crippen LogP contribution in [0.2, 0.25) is 0 Å². The maximum absolute atomic E-state index is 3.21. The Labute approximate surface area is 392 Å². The van der Waals surface area contributed by atoms with Crippen LogP contribution in [-0.2, 0) is 0 Å². The van der Waals surface area contributed by atoms with E-state index < -0.39 is 27.3 Å². The van der Waals surface area contributed by atoms with Gasteiger partial charge >= 0.3 is 396 Å². The summed E-state index contributed by atoms with van der Waals surface area (Å²) in [7, 11) is -2.65. The zero-order valence-electron chi connectivity index (χ0n) is 44.5. The SMILES string of the molecule is CC(C)c1cc(C(C)C)[c]([Ge]([c]2c(C(C)C)cc(C(C)C)cc2C(C)C)=[Sn]([c]2c(C(C)C)cc(C(C)C)cc2C(C)C)[c]2c(C(C)C)cc(C(C)C)cc2C(C)C)c(C(C)C)c1. The van der Waals surface area contributed by atoms with E-state index in [4.69, 9.17) is 0 Å². The van der Waals surface area contributed by atoms with E-state index in [1.54, 1.807) is 44.5 Å². The van der Waals surface area contributed by atoms with Gasteiger partial charge in [0.1, 0.15) is 0 Å². The molecular weight excluding hydrogens is 912 g/mol. The molecule has 0 saturated heterocycles. The third kappa shape index (κ3) is 11.2. The van der Waals surface area contributed by atoms with Crippen molar-refractivity contribution in [1.82, 2.24) is 0 Å². The van der Waals surface area contributed by atoms with Gasteiger partial charge in [-0.3, -0.25) is 0 Å². The predicted octanol–water partition coefficient (Wildman–Crippen LogP) is 16.2. The Morgan fingerprint density at radius 3 is 0.548 bits per heavy atom. The second-order valence-corrected chi connectivity index (χ2v) is 46.0. The summed E-state index contributed by atoms with van der Waals surface area (Å²) in [5.74, 6) is 5.41. The van der Waals surface area contributed by atoms with Crippen LogP contribution in [0.1, 0.15) is 304 Å². The molecular formula is C60H92GeSn. The fraction of sp³-hybridized carbons (Fsp3) is 0.600. The van der Waals surface area contributed by atoms with E-state index in [0.717, 1.165) is 0 Å². The average molecular weight is 1000 g/mol. The molecule has 0 fully saturated rings. The zero-order chi connectivity index (χ0) is 47.0. The van der Waals surface area contributed by atoms with E-state index in [1.165, 1.54) is 22.3 Å². The molecule has 0 heterocycles. The molecule has 340 valence electrons. The Balaban J connectivity index is 2.81. The summed E-state index contributed by atoms with van der Waals surface area (Å²) in [6.07, 6.45) is 0. The minimum absolute atomic E-state index is 0.434. The first-order valence-electron chi connectivity index (χ1n) is 25.2. The summed E-state index contributed by atoms with van der Waals surface area (Å²) in [6, 6.07) is 21.8. The summed E-state index contributed by atoms with van der Waals surface area (Å²) < 4.78 is 7.44. The van der Waals surface area contributed by atoms with Crippen LogP contribution in [0, 0.1) is 0 Å². The standard InChI is InChI=1S/C30H46Ge.2C15H23.Sn/c1-17(2)23-13-25(19(5)6)29(26(14-23)20(7)8)31-30-27(21(9)10)15-24(18(3)4)16-28(30)22(11)12;2*1-10(2)13-7-14(11(3)4)9-15(8-13)12(5)6;/h13-22H,1-12H3;2*7-8,10-12H,1-6H3;. The molecule has 4 aromatic rings. The van der Waals surface area contributed by atoms with Crippen LogP contribution < -0.4 is 16.0 Å². The molecule has 0 spiro atoms. The Bertz CT molecular complexity index is 1780. The van der Waals surface area contributed by atoms with Crippen LogP contribution in [-0.4, -0.2) is 27.3 Å². The Hall–Kier alpha value is -1.78. The van der Waals surface area contributed by atoms with Crippen molar-refractivity contribution in [3.8, 4) is 0 Å². The van der Waals surface area contributed by atoms with E-state index in [-0.39, 0.29) is 0 Å². The predicted molar refractivity (Wildman–Crippen MR) is 285 cm³/mol. The van der Waals surface area contributed by atoms with Gasteiger partial charge in [0, 0.05) is 0 Å². The summed E-state index contributed by atoms with van der Waals surface area (Å²) in [5.41, 5.74) is 19.4. The zero-order valence-corrected chi connectivity index (χ0v) is 49.5. The summed E-state index contributed by atoms with van der Waals surface area (Å²) in [5, 5.41) is 0. The van der Waals surface area contributed by atoms with Gasteiger partial charge in [-0.15, -0.1) is 0 Å². The van der Waals surface area contributed by atoms with Crippen molar-refractivity contribution in [2.24, 2.45) is 0 Å². The Kier molecular flexibility index (Phi) is 18.5. The molecule has 0 aliphatic heterocycles. The molecule has 0 aliphatic carbocycles. The molecule has 2 heteroatoms. The van der Waals surface area contributed by atoms with Gasteiger partial charge in [0.05, 0.1) is 0 Å². The second-order valence-electron chi connectivity index (χ2n) is 22.9. The van der Waals surface area contributed by atoms with Crippen molar-refractivity contribution in [2.45, 2.75) is 237 Å². The molecule has 0 unspecified atom stereocenters. The number of hydrogen-bond acceptors (Lipinski definition) is 0. The van der Waals surface area contributed by atoms with Crippen molar-refractivity contribution in [1.29, 1.82) is 0 Å². The van der Waals surface area contributed by atoms with Gasteiger partial charge < -0.3 is 0 Å². The van der Waals surface area contributed by atoms with E-state index >= 15 is 0 Å². The number of rotatable bonds is 16. The molecule has 0 amide bonds. The molecule has 0 aliphatic rings. The molecule has 62 heavy (non-hydrogen) atoms. The van der Waals surface area contributed by atoms with E-state index in [0.29, 0.717) is 71.0 Å². The molecule has 0 bridgehead atoms. The third-order valence-corrected chi connectivity index (χ3v) is 47.4. The monoisotopic (exact) mass is 1010 g/mol. The van der Waals surface area contributed by atoms with Crippen LogP contribution in [0.4, 0.5) is 0 Å². The number of hydrogen-bond donors (Lipinski definition) is 0. The van der Waals surface area contributed by atoms with Gasteiger partial charge in [0.15, 0.2) is 0 Å². The van der Waals surface area contributed by atoms with Crippen LogP contribution in [0.3, 0.4) is 0 Å². The van der Waals surface area contributed by atoms with E-state index in [9.17, 15) is 0 Å². The Morgan fingerprint density at radius 1 is 0.242 bits per heavy atom. The van der Waals surface area contributed by atoms with Crippen molar-refractivity contribution < 1.29 is 0 Å². The quantitative estimate of drug-likeness (QED) is 0.0982. The molecule has 0 radical (unpaired) electrons. The summed E-state index contributed by atoms with van der Waals surface area (Å²) in [4.78, 5) is 0. The van der Waals surface area contributed by atoms with Gasteiger partial charge in [-0.05, 0) is 0 Å². The maximum atomic E-state index is 2.72. The fourth-order valence-corrected chi connectivity index (χ4v) is 57.4. The molecule has 0 nitrogen and oxygen atoms in total. The topological polar surface area (TPSA) is 0 Å². The van der Waals surface area contributed by atoms with Gasteiger partial charge in [-0.1, -0.05) is 0 Å². The fourth-order valence-electron chi connectivity index (χ4n) is 9.73. The first-order valence-corrected chi connectivity index (χ1v) is 38.6. The van der Waals surface area contributed by atoms with Gasteiger partial charge in [0.2, 0.25) is 0 Å². The van der Waals surface area contributed by atoms with Crippen molar-refractivity contribution in [3.63, 3.8) is 0 Å². The van der Waals surface area contributed by atoms with E-state index in [1.807, 2.05) is 16.0 Å². The normalized spacial score (nSPS) is 12.6. The van der Waals surface area contributed by atoms with E-state index in [2.05, 4.69) is 215 Å². The molecule has 4 rings (SSSR count). The van der Waals surface area contributed by atoms with Crippen molar-refractivity contribution in [3.05, 3.63) is 115 Å². The first-order chi connectivity index (χ1) is 28.7. The number of benzene rings is 4. The molecule has 4 aromatic carbocycles. The average Bonchev–Trinajstić information content (AvgIpc) is 3.17.